The summed E-state index contributed by atoms with van der Waals surface area (Å²) >= 11 is 0. The number of aryl methyl sites for hydroxylation is 2. The predicted octanol–water partition coefficient (Wildman–Crippen LogP) is 1.95. The van der Waals surface area contributed by atoms with E-state index in [4.69, 9.17) is 5.11 Å². The molecule has 0 aromatic carbocycles. The van der Waals surface area contributed by atoms with Gasteiger partial charge in [0.15, 0.2) is 0 Å². The van der Waals surface area contributed by atoms with Crippen molar-refractivity contribution in [1.82, 2.24) is 15.1 Å². The van der Waals surface area contributed by atoms with Crippen molar-refractivity contribution in [1.29, 1.82) is 0 Å². The number of piperidine rings is 1. The van der Waals surface area contributed by atoms with E-state index in [2.05, 4.69) is 10.2 Å². The lowest BCUT2D eigenvalue weighted by Gasteiger charge is -2.36. The Hall–Kier alpha value is -1.98. The highest BCUT2D eigenvalue weighted by Gasteiger charge is 2.28. The van der Waals surface area contributed by atoms with Gasteiger partial charge in [-0.25, -0.2) is 0 Å². The Morgan fingerprint density at radius 1 is 1.33 bits per heavy atom. The van der Waals surface area contributed by atoms with Crippen molar-refractivity contribution < 1.29 is 14.7 Å². The molecule has 6 heteroatoms. The first-order valence-corrected chi connectivity index (χ1v) is 7.32. The summed E-state index contributed by atoms with van der Waals surface area (Å²) < 4.78 is 0. The van der Waals surface area contributed by atoms with E-state index in [1.54, 1.807) is 19.9 Å². The molecule has 0 spiro atoms. The second-order valence-electron chi connectivity index (χ2n) is 5.57. The number of carboxylic acids is 1. The van der Waals surface area contributed by atoms with Crippen LogP contribution >= 0.6 is 0 Å². The minimum atomic E-state index is -0.814. The van der Waals surface area contributed by atoms with Crippen molar-refractivity contribution in [3.05, 3.63) is 23.0 Å². The van der Waals surface area contributed by atoms with Crippen molar-refractivity contribution in [2.75, 3.05) is 6.54 Å². The molecule has 1 aliphatic heterocycles. The van der Waals surface area contributed by atoms with Gasteiger partial charge in [-0.3, -0.25) is 9.59 Å². The maximum absolute atomic E-state index is 12.7. The summed E-state index contributed by atoms with van der Waals surface area (Å²) in [5.41, 5.74) is 1.90. The lowest BCUT2D eigenvalue weighted by Crippen LogP contribution is -2.44. The summed E-state index contributed by atoms with van der Waals surface area (Å²) in [6, 6.07) is 1.77. The lowest BCUT2D eigenvalue weighted by atomic mass is 9.96. The van der Waals surface area contributed by atoms with Gasteiger partial charge in [0.05, 0.1) is 17.0 Å². The molecule has 1 fully saturated rings. The maximum atomic E-state index is 12.7. The van der Waals surface area contributed by atoms with Gasteiger partial charge in [-0.2, -0.15) is 10.2 Å². The molecule has 1 N–H and O–H groups in total. The second-order valence-corrected chi connectivity index (χ2v) is 5.57. The fraction of sp³-hybridized carbons (Fsp3) is 0.600. The summed E-state index contributed by atoms with van der Waals surface area (Å²) in [6.07, 6.45) is 3.49. The number of nitrogens with zero attached hydrogens (tertiary/aromatic N) is 3. The average Bonchev–Trinajstić information content (AvgIpc) is 2.47. The van der Waals surface area contributed by atoms with Crippen LogP contribution in [0.3, 0.4) is 0 Å². The van der Waals surface area contributed by atoms with Crippen LogP contribution in [0.5, 0.6) is 0 Å². The third-order valence-electron chi connectivity index (χ3n) is 3.91. The zero-order valence-electron chi connectivity index (χ0n) is 12.5. The SMILES string of the molecule is Cc1cc(C(=O)N2CCCCC2CCC(=O)O)c(C)nn1. The van der Waals surface area contributed by atoms with Gasteiger partial charge in [0, 0.05) is 19.0 Å². The Labute approximate surface area is 124 Å². The Morgan fingerprint density at radius 2 is 2.10 bits per heavy atom. The summed E-state index contributed by atoms with van der Waals surface area (Å²) in [4.78, 5) is 25.3. The number of likely N-dealkylation sites (tertiary alicyclic amines) is 1. The number of hydrogen-bond donors (Lipinski definition) is 1. The van der Waals surface area contributed by atoms with Crippen molar-refractivity contribution in [3.63, 3.8) is 0 Å². The molecule has 0 bridgehead atoms. The number of hydrogen-bond acceptors (Lipinski definition) is 4. The van der Waals surface area contributed by atoms with Crippen LogP contribution in [0.1, 0.15) is 53.8 Å². The van der Waals surface area contributed by atoms with Crippen LogP contribution in [0.15, 0.2) is 6.07 Å². The van der Waals surface area contributed by atoms with Crippen molar-refractivity contribution in [2.24, 2.45) is 0 Å². The van der Waals surface area contributed by atoms with Crippen LogP contribution in [-0.2, 0) is 4.79 Å². The minimum Gasteiger partial charge on any atom is -0.481 e. The zero-order chi connectivity index (χ0) is 15.4. The van der Waals surface area contributed by atoms with Gasteiger partial charge in [0.1, 0.15) is 0 Å². The topological polar surface area (TPSA) is 83.4 Å². The number of carbonyl (C=O) groups excluding carboxylic acids is 1. The number of carboxylic acid groups (broad SMARTS) is 1. The molecule has 114 valence electrons. The highest BCUT2D eigenvalue weighted by molar-refractivity contribution is 5.95. The molecule has 2 heterocycles. The van der Waals surface area contributed by atoms with Gasteiger partial charge < -0.3 is 10.0 Å². The smallest absolute Gasteiger partial charge is 0.303 e. The summed E-state index contributed by atoms with van der Waals surface area (Å²) in [5, 5.41) is 16.8. The molecule has 2 rings (SSSR count). The molecule has 1 aromatic heterocycles. The van der Waals surface area contributed by atoms with Crippen molar-refractivity contribution in [3.8, 4) is 0 Å². The summed E-state index contributed by atoms with van der Waals surface area (Å²) in [7, 11) is 0. The molecule has 1 unspecified atom stereocenters. The first-order valence-electron chi connectivity index (χ1n) is 7.32. The molecule has 1 aliphatic rings. The van der Waals surface area contributed by atoms with E-state index in [0.717, 1.165) is 19.3 Å². The molecule has 1 saturated heterocycles. The second kappa shape index (κ2) is 6.65. The highest BCUT2D eigenvalue weighted by Crippen LogP contribution is 2.23. The van der Waals surface area contributed by atoms with E-state index in [1.807, 2.05) is 4.90 Å². The minimum absolute atomic E-state index is 0.00946. The van der Waals surface area contributed by atoms with Crippen LogP contribution in [-0.4, -0.2) is 44.7 Å². The monoisotopic (exact) mass is 291 g/mol. The maximum Gasteiger partial charge on any atom is 0.303 e. The molecule has 0 saturated carbocycles. The van der Waals surface area contributed by atoms with E-state index in [1.165, 1.54) is 0 Å². The predicted molar refractivity (Wildman–Crippen MR) is 77.1 cm³/mol. The molecule has 1 atom stereocenters. The number of rotatable bonds is 4. The van der Waals surface area contributed by atoms with E-state index >= 15 is 0 Å². The van der Waals surface area contributed by atoms with Gasteiger partial charge >= 0.3 is 5.97 Å². The molecular formula is C15H21N3O3. The largest absolute Gasteiger partial charge is 0.481 e. The molecule has 21 heavy (non-hydrogen) atoms. The van der Waals surface area contributed by atoms with Gasteiger partial charge in [-0.05, 0) is 45.6 Å². The summed E-state index contributed by atoms with van der Waals surface area (Å²) in [6.45, 7) is 4.27. The molecule has 1 amide bonds. The number of amides is 1. The Bertz CT molecular complexity index is 545. The molecule has 0 radical (unpaired) electrons. The normalized spacial score (nSPS) is 18.6. The number of aliphatic carboxylic acids is 1. The lowest BCUT2D eigenvalue weighted by molar-refractivity contribution is -0.137. The first-order chi connectivity index (χ1) is 9.99. The fourth-order valence-corrected chi connectivity index (χ4v) is 2.78. The van der Waals surface area contributed by atoms with E-state index < -0.39 is 5.97 Å². The van der Waals surface area contributed by atoms with Gasteiger partial charge in [-0.15, -0.1) is 0 Å². The van der Waals surface area contributed by atoms with Crippen LogP contribution < -0.4 is 0 Å². The van der Waals surface area contributed by atoms with E-state index in [-0.39, 0.29) is 18.4 Å². The number of carbonyl (C=O) groups is 2. The standard InChI is InChI=1S/C15H21N3O3/c1-10-9-13(11(2)17-16-10)15(21)18-8-4-3-5-12(18)6-7-14(19)20/h9,12H,3-8H2,1-2H3,(H,19,20). The van der Waals surface area contributed by atoms with Crippen LogP contribution in [0.2, 0.25) is 0 Å². The average molecular weight is 291 g/mol. The molecule has 1 aromatic rings. The van der Waals surface area contributed by atoms with Crippen molar-refractivity contribution in [2.45, 2.75) is 52.0 Å². The third-order valence-corrected chi connectivity index (χ3v) is 3.91. The van der Waals surface area contributed by atoms with E-state index in [0.29, 0.717) is 29.9 Å². The van der Waals surface area contributed by atoms with Gasteiger partial charge in [0.25, 0.3) is 5.91 Å². The van der Waals surface area contributed by atoms with Gasteiger partial charge in [-0.1, -0.05) is 0 Å². The quantitative estimate of drug-likeness (QED) is 0.916. The van der Waals surface area contributed by atoms with Crippen LogP contribution in [0.4, 0.5) is 0 Å². The van der Waals surface area contributed by atoms with Crippen LogP contribution in [0.25, 0.3) is 0 Å². The molecule has 6 nitrogen and oxygen atoms in total. The molecular weight excluding hydrogens is 270 g/mol. The van der Waals surface area contributed by atoms with Crippen molar-refractivity contribution >= 4 is 11.9 Å². The first kappa shape index (κ1) is 15.4. The Morgan fingerprint density at radius 3 is 2.81 bits per heavy atom. The number of aromatic nitrogens is 2. The summed E-state index contributed by atoms with van der Waals surface area (Å²) in [5.74, 6) is -0.869. The fourth-order valence-electron chi connectivity index (χ4n) is 2.78. The Kier molecular flexibility index (Phi) is 4.88. The zero-order valence-corrected chi connectivity index (χ0v) is 12.5. The molecule has 0 aliphatic carbocycles. The van der Waals surface area contributed by atoms with Crippen LogP contribution in [0, 0.1) is 13.8 Å². The van der Waals surface area contributed by atoms with Gasteiger partial charge in [0.2, 0.25) is 0 Å². The highest BCUT2D eigenvalue weighted by atomic mass is 16.4. The Balaban J connectivity index is 2.18. The van der Waals surface area contributed by atoms with E-state index in [9.17, 15) is 9.59 Å². The third kappa shape index (κ3) is 3.77.